The van der Waals surface area contributed by atoms with Crippen molar-refractivity contribution in [3.63, 3.8) is 0 Å². The molecule has 0 aromatic carbocycles. The van der Waals surface area contributed by atoms with Crippen LogP contribution in [0.4, 0.5) is 0 Å². The summed E-state index contributed by atoms with van der Waals surface area (Å²) in [5.74, 6) is -0.325. The Morgan fingerprint density at radius 1 is 1.69 bits per heavy atom. The fourth-order valence-electron chi connectivity index (χ4n) is 1.46. The Kier molecular flexibility index (Phi) is 2.70. The number of hydrogen-bond donors (Lipinski definition) is 1. The van der Waals surface area contributed by atoms with Crippen molar-refractivity contribution in [3.05, 3.63) is 17.5 Å². The van der Waals surface area contributed by atoms with Crippen LogP contribution in [0.25, 0.3) is 0 Å². The van der Waals surface area contributed by atoms with E-state index in [4.69, 9.17) is 5.73 Å². The first kappa shape index (κ1) is 9.77. The van der Waals surface area contributed by atoms with Crippen LogP contribution in [0.2, 0.25) is 0 Å². The van der Waals surface area contributed by atoms with Crippen molar-refractivity contribution >= 4 is 5.91 Å². The maximum absolute atomic E-state index is 11.1. The zero-order chi connectivity index (χ0) is 10.0. The first-order chi connectivity index (χ1) is 6.06. The molecule has 0 fully saturated rings. The van der Waals surface area contributed by atoms with Crippen LogP contribution in [0, 0.1) is 13.8 Å². The van der Waals surface area contributed by atoms with Gasteiger partial charge in [-0.3, -0.25) is 9.48 Å². The van der Waals surface area contributed by atoms with E-state index < -0.39 is 0 Å². The van der Waals surface area contributed by atoms with Crippen LogP contribution in [-0.2, 0) is 4.79 Å². The van der Waals surface area contributed by atoms with Crippen LogP contribution >= 0.6 is 0 Å². The first-order valence-corrected chi connectivity index (χ1v) is 4.38. The van der Waals surface area contributed by atoms with Gasteiger partial charge in [0.25, 0.3) is 0 Å². The van der Waals surface area contributed by atoms with Crippen molar-refractivity contribution in [2.45, 2.75) is 33.2 Å². The number of primary amides is 1. The quantitative estimate of drug-likeness (QED) is 0.754. The van der Waals surface area contributed by atoms with E-state index in [1.165, 1.54) is 0 Å². The molecule has 1 amide bonds. The molecule has 0 aliphatic carbocycles. The maximum atomic E-state index is 11.1. The number of hydrogen-bond acceptors (Lipinski definition) is 2. The Labute approximate surface area is 77.7 Å². The lowest BCUT2D eigenvalue weighted by molar-refractivity contribution is -0.121. The monoisotopic (exact) mass is 181 g/mol. The molecule has 4 nitrogen and oxygen atoms in total. The highest BCUT2D eigenvalue weighted by molar-refractivity contribution is 5.78. The highest BCUT2D eigenvalue weighted by atomic mass is 16.1. The molecule has 0 bridgehead atoms. The van der Waals surface area contributed by atoms with Crippen LogP contribution in [0.15, 0.2) is 6.07 Å². The number of aromatic nitrogens is 2. The molecule has 0 saturated carbocycles. The van der Waals surface area contributed by atoms with Gasteiger partial charge in [0.05, 0.1) is 5.69 Å². The van der Waals surface area contributed by atoms with Gasteiger partial charge in [-0.15, -0.1) is 0 Å². The van der Waals surface area contributed by atoms with E-state index in [1.54, 1.807) is 4.68 Å². The van der Waals surface area contributed by atoms with Gasteiger partial charge in [0, 0.05) is 5.69 Å². The van der Waals surface area contributed by atoms with Gasteiger partial charge in [-0.1, -0.05) is 6.92 Å². The van der Waals surface area contributed by atoms with Crippen LogP contribution < -0.4 is 5.73 Å². The molecule has 4 heteroatoms. The summed E-state index contributed by atoms with van der Waals surface area (Å²) in [7, 11) is 0. The second kappa shape index (κ2) is 3.60. The molecule has 1 aromatic heterocycles. The Bertz CT molecular complexity index is 317. The summed E-state index contributed by atoms with van der Waals surface area (Å²) in [6.07, 6.45) is 0.678. The molecule has 2 N–H and O–H groups in total. The molecule has 0 aliphatic rings. The number of carbonyl (C=O) groups excluding carboxylic acids is 1. The molecule has 1 unspecified atom stereocenters. The van der Waals surface area contributed by atoms with Crippen molar-refractivity contribution in [1.29, 1.82) is 0 Å². The number of aryl methyl sites for hydroxylation is 2. The maximum Gasteiger partial charge on any atom is 0.242 e. The minimum atomic E-state index is -0.325. The smallest absolute Gasteiger partial charge is 0.242 e. The standard InChI is InChI=1S/C9H15N3O/c1-4-8(9(10)13)12-7(3)5-6(2)11-12/h5,8H,4H2,1-3H3,(H2,10,13). The van der Waals surface area contributed by atoms with Crippen LogP contribution in [-0.4, -0.2) is 15.7 Å². The predicted octanol–water partition coefficient (Wildman–Crippen LogP) is 0.936. The predicted molar refractivity (Wildman–Crippen MR) is 50.2 cm³/mol. The highest BCUT2D eigenvalue weighted by Gasteiger charge is 2.17. The molecule has 13 heavy (non-hydrogen) atoms. The summed E-state index contributed by atoms with van der Waals surface area (Å²) in [6, 6.07) is 1.62. The third-order valence-electron chi connectivity index (χ3n) is 2.05. The molecule has 0 spiro atoms. The lowest BCUT2D eigenvalue weighted by Crippen LogP contribution is -2.27. The largest absolute Gasteiger partial charge is 0.368 e. The van der Waals surface area contributed by atoms with Crippen molar-refractivity contribution in [1.82, 2.24) is 9.78 Å². The number of nitrogens with two attached hydrogens (primary N) is 1. The SMILES string of the molecule is CCC(C(N)=O)n1nc(C)cc1C. The molecule has 1 heterocycles. The Morgan fingerprint density at radius 2 is 2.31 bits per heavy atom. The van der Waals surface area contributed by atoms with Crippen molar-refractivity contribution in [2.24, 2.45) is 5.73 Å². The number of amides is 1. The molecule has 1 rings (SSSR count). The van der Waals surface area contributed by atoms with E-state index >= 15 is 0 Å². The van der Waals surface area contributed by atoms with Gasteiger partial charge in [-0.05, 0) is 26.3 Å². The van der Waals surface area contributed by atoms with Crippen molar-refractivity contribution in [3.8, 4) is 0 Å². The Hall–Kier alpha value is -1.32. The molecular formula is C9H15N3O. The van der Waals surface area contributed by atoms with Gasteiger partial charge in [-0.2, -0.15) is 5.10 Å². The molecule has 0 radical (unpaired) electrons. The van der Waals surface area contributed by atoms with Gasteiger partial charge in [0.2, 0.25) is 5.91 Å². The van der Waals surface area contributed by atoms with E-state index in [2.05, 4.69) is 5.10 Å². The number of nitrogens with zero attached hydrogens (tertiary/aromatic N) is 2. The van der Waals surface area contributed by atoms with Gasteiger partial charge < -0.3 is 5.73 Å². The molecule has 0 aliphatic heterocycles. The highest BCUT2D eigenvalue weighted by Crippen LogP contribution is 2.13. The number of rotatable bonds is 3. The summed E-state index contributed by atoms with van der Waals surface area (Å²) in [5, 5.41) is 4.22. The van der Waals surface area contributed by atoms with Crippen molar-refractivity contribution < 1.29 is 4.79 Å². The number of carbonyl (C=O) groups is 1. The van der Waals surface area contributed by atoms with E-state index in [-0.39, 0.29) is 11.9 Å². The molecular weight excluding hydrogens is 166 g/mol. The second-order valence-electron chi connectivity index (χ2n) is 3.20. The van der Waals surface area contributed by atoms with Gasteiger partial charge in [0.1, 0.15) is 6.04 Å². The van der Waals surface area contributed by atoms with E-state index in [0.29, 0.717) is 6.42 Å². The molecule has 1 atom stereocenters. The van der Waals surface area contributed by atoms with E-state index in [9.17, 15) is 4.79 Å². The fraction of sp³-hybridized carbons (Fsp3) is 0.556. The lowest BCUT2D eigenvalue weighted by Gasteiger charge is -2.12. The Morgan fingerprint density at radius 3 is 2.62 bits per heavy atom. The second-order valence-corrected chi connectivity index (χ2v) is 3.20. The lowest BCUT2D eigenvalue weighted by atomic mass is 10.2. The molecule has 72 valence electrons. The zero-order valence-corrected chi connectivity index (χ0v) is 8.24. The third kappa shape index (κ3) is 1.88. The Balaban J connectivity index is 3.04. The first-order valence-electron chi connectivity index (χ1n) is 4.38. The summed E-state index contributed by atoms with van der Waals surface area (Å²) in [4.78, 5) is 11.1. The summed E-state index contributed by atoms with van der Waals surface area (Å²) >= 11 is 0. The minimum absolute atomic E-state index is 0.311. The van der Waals surface area contributed by atoms with E-state index in [1.807, 2.05) is 26.8 Å². The zero-order valence-electron chi connectivity index (χ0n) is 8.24. The van der Waals surface area contributed by atoms with E-state index in [0.717, 1.165) is 11.4 Å². The van der Waals surface area contributed by atoms with Gasteiger partial charge in [-0.25, -0.2) is 0 Å². The van der Waals surface area contributed by atoms with Crippen LogP contribution in [0.1, 0.15) is 30.8 Å². The third-order valence-corrected chi connectivity index (χ3v) is 2.05. The minimum Gasteiger partial charge on any atom is -0.368 e. The van der Waals surface area contributed by atoms with Crippen LogP contribution in [0.3, 0.4) is 0 Å². The van der Waals surface area contributed by atoms with Gasteiger partial charge >= 0.3 is 0 Å². The van der Waals surface area contributed by atoms with Gasteiger partial charge in [0.15, 0.2) is 0 Å². The van der Waals surface area contributed by atoms with Crippen LogP contribution in [0.5, 0.6) is 0 Å². The summed E-state index contributed by atoms with van der Waals surface area (Å²) in [6.45, 7) is 5.74. The fourth-order valence-corrected chi connectivity index (χ4v) is 1.46. The molecule has 0 saturated heterocycles. The van der Waals surface area contributed by atoms with Crippen molar-refractivity contribution in [2.75, 3.05) is 0 Å². The average molecular weight is 181 g/mol. The molecule has 1 aromatic rings. The summed E-state index contributed by atoms with van der Waals surface area (Å²) < 4.78 is 1.69. The summed E-state index contributed by atoms with van der Waals surface area (Å²) in [5.41, 5.74) is 7.15. The normalized spacial score (nSPS) is 12.8. The average Bonchev–Trinajstić information content (AvgIpc) is 2.31. The topological polar surface area (TPSA) is 60.9 Å².